The summed E-state index contributed by atoms with van der Waals surface area (Å²) in [4.78, 5) is 0. The van der Waals surface area contributed by atoms with Gasteiger partial charge < -0.3 is 11.1 Å². The smallest absolute Gasteiger partial charge is 0.0577 e. The fourth-order valence-electron chi connectivity index (χ4n) is 2.38. The average Bonchev–Trinajstić information content (AvgIpc) is 2.52. The van der Waals surface area contributed by atoms with Crippen molar-refractivity contribution in [2.45, 2.75) is 33.7 Å². The van der Waals surface area contributed by atoms with E-state index in [1.165, 1.54) is 3.57 Å². The standard InChI is InChI=1S/C13H19IN2/c1-12(2)11(13(12,3)4)16-10-6-5-8(14)7-9(10)15/h5-7,11,16H,15H2,1-4H3. The zero-order valence-corrected chi connectivity index (χ0v) is 12.4. The van der Waals surface area contributed by atoms with E-state index in [1.807, 2.05) is 6.07 Å². The summed E-state index contributed by atoms with van der Waals surface area (Å²) < 4.78 is 1.18. The van der Waals surface area contributed by atoms with Gasteiger partial charge in [0.1, 0.15) is 0 Å². The third-order valence-corrected chi connectivity index (χ3v) is 5.01. The molecule has 0 atom stereocenters. The first-order valence-electron chi connectivity index (χ1n) is 5.58. The average molecular weight is 330 g/mol. The highest BCUT2D eigenvalue weighted by atomic mass is 127. The van der Waals surface area contributed by atoms with Crippen molar-refractivity contribution in [1.82, 2.24) is 0 Å². The lowest BCUT2D eigenvalue weighted by atomic mass is 10.0. The van der Waals surface area contributed by atoms with Crippen LogP contribution in [0.15, 0.2) is 18.2 Å². The van der Waals surface area contributed by atoms with Gasteiger partial charge in [-0.05, 0) is 51.6 Å². The number of benzene rings is 1. The SMILES string of the molecule is CC1(C)C(Nc2ccc(I)cc2N)C1(C)C. The van der Waals surface area contributed by atoms with Crippen molar-refractivity contribution in [1.29, 1.82) is 0 Å². The van der Waals surface area contributed by atoms with Crippen LogP contribution in [0.5, 0.6) is 0 Å². The van der Waals surface area contributed by atoms with E-state index in [-0.39, 0.29) is 0 Å². The summed E-state index contributed by atoms with van der Waals surface area (Å²) in [6, 6.07) is 6.66. The van der Waals surface area contributed by atoms with E-state index in [1.54, 1.807) is 0 Å². The lowest BCUT2D eigenvalue weighted by Gasteiger charge is -2.11. The molecule has 0 aliphatic heterocycles. The van der Waals surface area contributed by atoms with E-state index in [2.05, 4.69) is 67.7 Å². The van der Waals surface area contributed by atoms with Crippen LogP contribution in [0.25, 0.3) is 0 Å². The summed E-state index contributed by atoms with van der Waals surface area (Å²) in [5, 5.41) is 3.56. The highest BCUT2D eigenvalue weighted by molar-refractivity contribution is 14.1. The van der Waals surface area contributed by atoms with Crippen LogP contribution in [0.4, 0.5) is 11.4 Å². The third kappa shape index (κ3) is 1.69. The van der Waals surface area contributed by atoms with Crippen LogP contribution in [0.1, 0.15) is 27.7 Å². The van der Waals surface area contributed by atoms with Gasteiger partial charge in [-0.2, -0.15) is 0 Å². The van der Waals surface area contributed by atoms with Crippen molar-refractivity contribution in [3.63, 3.8) is 0 Å². The van der Waals surface area contributed by atoms with Crippen LogP contribution in [0.3, 0.4) is 0 Å². The molecule has 3 N–H and O–H groups in total. The normalized spacial score (nSPS) is 21.8. The van der Waals surface area contributed by atoms with Gasteiger partial charge in [-0.3, -0.25) is 0 Å². The second-order valence-electron chi connectivity index (χ2n) is 5.75. The molecule has 0 heterocycles. The Morgan fingerprint density at radius 2 is 1.75 bits per heavy atom. The second-order valence-corrected chi connectivity index (χ2v) is 7.00. The van der Waals surface area contributed by atoms with Crippen molar-refractivity contribution >= 4 is 34.0 Å². The predicted molar refractivity (Wildman–Crippen MR) is 78.5 cm³/mol. The van der Waals surface area contributed by atoms with Gasteiger partial charge in [-0.1, -0.05) is 27.7 Å². The number of rotatable bonds is 2. The van der Waals surface area contributed by atoms with Crippen molar-refractivity contribution in [2.24, 2.45) is 10.8 Å². The lowest BCUT2D eigenvalue weighted by Crippen LogP contribution is -2.11. The first kappa shape index (κ1) is 12.0. The Balaban J connectivity index is 2.18. The highest BCUT2D eigenvalue weighted by Gasteiger charge is 2.64. The summed E-state index contributed by atoms with van der Waals surface area (Å²) in [5.74, 6) is 0. The van der Waals surface area contributed by atoms with E-state index in [9.17, 15) is 0 Å². The minimum Gasteiger partial charge on any atom is -0.397 e. The Kier molecular flexibility index (Phi) is 2.64. The molecule has 1 aliphatic rings. The van der Waals surface area contributed by atoms with Crippen LogP contribution in [0.2, 0.25) is 0 Å². The Hall–Kier alpha value is -0.450. The Bertz CT molecular complexity index is 410. The third-order valence-electron chi connectivity index (χ3n) is 4.33. The highest BCUT2D eigenvalue weighted by Crippen LogP contribution is 2.63. The van der Waals surface area contributed by atoms with Crippen LogP contribution in [-0.2, 0) is 0 Å². The molecule has 0 saturated heterocycles. The number of nitrogen functional groups attached to an aromatic ring is 1. The molecule has 2 nitrogen and oxygen atoms in total. The van der Waals surface area contributed by atoms with Crippen LogP contribution in [-0.4, -0.2) is 6.04 Å². The van der Waals surface area contributed by atoms with E-state index < -0.39 is 0 Å². The maximum Gasteiger partial charge on any atom is 0.0577 e. The second kappa shape index (κ2) is 3.52. The molecule has 0 radical (unpaired) electrons. The topological polar surface area (TPSA) is 38.0 Å². The zero-order valence-electron chi connectivity index (χ0n) is 10.3. The first-order valence-corrected chi connectivity index (χ1v) is 6.66. The molecule has 16 heavy (non-hydrogen) atoms. The molecular weight excluding hydrogens is 311 g/mol. The fourth-order valence-corrected chi connectivity index (χ4v) is 2.89. The van der Waals surface area contributed by atoms with Crippen molar-refractivity contribution in [3.05, 3.63) is 21.8 Å². The van der Waals surface area contributed by atoms with Crippen LogP contribution < -0.4 is 11.1 Å². The number of hydrogen-bond donors (Lipinski definition) is 2. The molecule has 88 valence electrons. The summed E-state index contributed by atoms with van der Waals surface area (Å²) in [6.07, 6.45) is 0. The molecule has 0 amide bonds. The van der Waals surface area contributed by atoms with Gasteiger partial charge in [0.05, 0.1) is 11.4 Å². The minimum absolute atomic E-state index is 0.336. The van der Waals surface area contributed by atoms with E-state index in [4.69, 9.17) is 5.73 Å². The van der Waals surface area contributed by atoms with Crippen LogP contribution in [0, 0.1) is 14.4 Å². The van der Waals surface area contributed by atoms with Gasteiger partial charge in [0.2, 0.25) is 0 Å². The quantitative estimate of drug-likeness (QED) is 0.641. The van der Waals surface area contributed by atoms with Gasteiger partial charge in [0.25, 0.3) is 0 Å². The number of nitrogens with one attached hydrogen (secondary N) is 1. The van der Waals surface area contributed by atoms with Gasteiger partial charge in [0, 0.05) is 9.61 Å². The molecule has 1 aromatic rings. The molecule has 0 bridgehead atoms. The fraction of sp³-hybridized carbons (Fsp3) is 0.538. The van der Waals surface area contributed by atoms with Crippen molar-refractivity contribution in [3.8, 4) is 0 Å². The Morgan fingerprint density at radius 3 is 2.19 bits per heavy atom. The Labute approximate surface area is 111 Å². The lowest BCUT2D eigenvalue weighted by molar-refractivity contribution is 0.457. The number of anilines is 2. The molecular formula is C13H19IN2. The molecule has 1 aromatic carbocycles. The molecule has 0 aromatic heterocycles. The van der Waals surface area contributed by atoms with E-state index >= 15 is 0 Å². The molecule has 0 unspecified atom stereocenters. The van der Waals surface area contributed by atoms with Crippen LogP contribution >= 0.6 is 22.6 Å². The molecule has 2 rings (SSSR count). The molecule has 1 aliphatic carbocycles. The number of halogens is 1. The van der Waals surface area contributed by atoms with Gasteiger partial charge in [-0.15, -0.1) is 0 Å². The first-order chi connectivity index (χ1) is 7.26. The van der Waals surface area contributed by atoms with E-state index in [0.29, 0.717) is 16.9 Å². The molecule has 1 saturated carbocycles. The largest absolute Gasteiger partial charge is 0.397 e. The van der Waals surface area contributed by atoms with Gasteiger partial charge >= 0.3 is 0 Å². The Morgan fingerprint density at radius 1 is 1.19 bits per heavy atom. The van der Waals surface area contributed by atoms with Gasteiger partial charge in [-0.25, -0.2) is 0 Å². The van der Waals surface area contributed by atoms with Crippen molar-refractivity contribution in [2.75, 3.05) is 11.1 Å². The number of hydrogen-bond acceptors (Lipinski definition) is 2. The molecule has 0 spiro atoms. The predicted octanol–water partition coefficient (Wildman–Crippen LogP) is 3.72. The van der Waals surface area contributed by atoms with Gasteiger partial charge in [0.15, 0.2) is 0 Å². The zero-order chi connectivity index (χ0) is 12.1. The summed E-state index contributed by atoms with van der Waals surface area (Å²) in [6.45, 7) is 9.20. The monoisotopic (exact) mass is 330 g/mol. The molecule has 1 fully saturated rings. The van der Waals surface area contributed by atoms with E-state index in [0.717, 1.165) is 11.4 Å². The summed E-state index contributed by atoms with van der Waals surface area (Å²) >= 11 is 2.28. The van der Waals surface area contributed by atoms with Crippen molar-refractivity contribution < 1.29 is 0 Å². The maximum absolute atomic E-state index is 6.01. The summed E-state index contributed by atoms with van der Waals surface area (Å²) in [5.41, 5.74) is 8.58. The molecule has 3 heteroatoms. The summed E-state index contributed by atoms with van der Waals surface area (Å²) in [7, 11) is 0. The maximum atomic E-state index is 6.01. The minimum atomic E-state index is 0.336. The number of nitrogens with two attached hydrogens (primary N) is 1.